The second-order valence-corrected chi connectivity index (χ2v) is 6.89. The van der Waals surface area contributed by atoms with Crippen molar-refractivity contribution in [2.45, 2.75) is 39.8 Å². The average molecular weight is 343 g/mol. The van der Waals surface area contributed by atoms with E-state index in [4.69, 9.17) is 5.73 Å². The summed E-state index contributed by atoms with van der Waals surface area (Å²) in [6.07, 6.45) is 2.82. The van der Waals surface area contributed by atoms with Crippen molar-refractivity contribution in [1.82, 2.24) is 9.78 Å². The van der Waals surface area contributed by atoms with Gasteiger partial charge in [0.25, 0.3) is 5.56 Å². The Bertz CT molecular complexity index is 528. The Kier molecular flexibility index (Phi) is 4.86. The maximum Gasteiger partial charge on any atom is 0.283 e. The standard InChI is InChI=1S/C14H23BrN4O/c1-9(2)7-19-14(20)13(15)12(6-17-19)18-5-4-10(3)11(16)8-18/h6,9-11H,4-5,7-8,16H2,1-3H3. The Labute approximate surface area is 128 Å². The van der Waals surface area contributed by atoms with E-state index in [1.54, 1.807) is 6.20 Å². The van der Waals surface area contributed by atoms with Gasteiger partial charge in [0.05, 0.1) is 11.9 Å². The van der Waals surface area contributed by atoms with Crippen LogP contribution in [-0.2, 0) is 6.54 Å². The lowest BCUT2D eigenvalue weighted by Crippen LogP contribution is -2.48. The number of halogens is 1. The molecule has 1 saturated heterocycles. The van der Waals surface area contributed by atoms with E-state index in [1.807, 2.05) is 0 Å². The maximum absolute atomic E-state index is 12.3. The van der Waals surface area contributed by atoms with Gasteiger partial charge in [-0.25, -0.2) is 4.68 Å². The zero-order valence-electron chi connectivity index (χ0n) is 12.3. The fraction of sp³-hybridized carbons (Fsp3) is 0.714. The lowest BCUT2D eigenvalue weighted by molar-refractivity contribution is 0.378. The molecule has 1 aromatic heterocycles. The van der Waals surface area contributed by atoms with Crippen molar-refractivity contribution in [3.8, 4) is 0 Å². The van der Waals surface area contributed by atoms with Crippen LogP contribution in [0.2, 0.25) is 0 Å². The predicted molar refractivity (Wildman–Crippen MR) is 85.0 cm³/mol. The van der Waals surface area contributed by atoms with Crippen LogP contribution in [-0.4, -0.2) is 28.9 Å². The van der Waals surface area contributed by atoms with Gasteiger partial charge < -0.3 is 10.6 Å². The summed E-state index contributed by atoms with van der Waals surface area (Å²) in [5.74, 6) is 0.918. The smallest absolute Gasteiger partial charge is 0.283 e. The molecular weight excluding hydrogens is 320 g/mol. The van der Waals surface area contributed by atoms with Crippen LogP contribution in [0, 0.1) is 11.8 Å². The first kappa shape index (κ1) is 15.5. The lowest BCUT2D eigenvalue weighted by atomic mass is 9.94. The molecule has 0 aromatic carbocycles. The third-order valence-corrected chi connectivity index (χ3v) is 4.61. The molecule has 1 aromatic rings. The van der Waals surface area contributed by atoms with E-state index in [0.717, 1.165) is 25.2 Å². The van der Waals surface area contributed by atoms with E-state index >= 15 is 0 Å². The molecule has 0 aliphatic carbocycles. The molecule has 0 radical (unpaired) electrons. The van der Waals surface area contributed by atoms with Gasteiger partial charge in [0.2, 0.25) is 0 Å². The number of nitrogens with two attached hydrogens (primary N) is 1. The fourth-order valence-corrected chi connectivity index (χ4v) is 3.03. The molecule has 0 spiro atoms. The Morgan fingerprint density at radius 2 is 2.25 bits per heavy atom. The van der Waals surface area contributed by atoms with Crippen molar-refractivity contribution in [2.75, 3.05) is 18.0 Å². The molecule has 2 N–H and O–H groups in total. The van der Waals surface area contributed by atoms with E-state index in [9.17, 15) is 4.79 Å². The molecule has 1 aliphatic rings. The van der Waals surface area contributed by atoms with Crippen molar-refractivity contribution in [3.63, 3.8) is 0 Å². The first-order valence-electron chi connectivity index (χ1n) is 7.16. The van der Waals surface area contributed by atoms with Crippen LogP contribution < -0.4 is 16.2 Å². The van der Waals surface area contributed by atoms with Crippen LogP contribution in [0.15, 0.2) is 15.5 Å². The van der Waals surface area contributed by atoms with Gasteiger partial charge in [-0.15, -0.1) is 0 Å². The van der Waals surface area contributed by atoms with E-state index in [1.165, 1.54) is 4.68 Å². The van der Waals surface area contributed by atoms with Crippen LogP contribution in [0.3, 0.4) is 0 Å². The molecule has 2 unspecified atom stereocenters. The van der Waals surface area contributed by atoms with Crippen LogP contribution in [0.5, 0.6) is 0 Å². The second-order valence-electron chi connectivity index (χ2n) is 6.10. The molecule has 2 heterocycles. The highest BCUT2D eigenvalue weighted by Gasteiger charge is 2.25. The molecule has 1 aliphatic heterocycles. The molecule has 112 valence electrons. The third-order valence-electron chi connectivity index (χ3n) is 3.86. The number of anilines is 1. The quantitative estimate of drug-likeness (QED) is 0.910. The minimum atomic E-state index is -0.0663. The van der Waals surface area contributed by atoms with E-state index in [2.05, 4.69) is 46.7 Å². The number of nitrogens with zero attached hydrogens (tertiary/aromatic N) is 3. The van der Waals surface area contributed by atoms with Crippen molar-refractivity contribution >= 4 is 21.6 Å². The van der Waals surface area contributed by atoms with Gasteiger partial charge >= 0.3 is 0 Å². The van der Waals surface area contributed by atoms with Gasteiger partial charge in [-0.05, 0) is 34.2 Å². The average Bonchev–Trinajstić information content (AvgIpc) is 2.38. The largest absolute Gasteiger partial charge is 0.368 e. The first-order valence-corrected chi connectivity index (χ1v) is 7.95. The summed E-state index contributed by atoms with van der Waals surface area (Å²) in [6.45, 7) is 8.64. The second kappa shape index (κ2) is 6.26. The molecule has 0 amide bonds. The van der Waals surface area contributed by atoms with Gasteiger partial charge in [-0.1, -0.05) is 20.8 Å². The normalized spacial score (nSPS) is 23.4. The van der Waals surface area contributed by atoms with Gasteiger partial charge in [-0.2, -0.15) is 5.10 Å². The SMILES string of the molecule is CC(C)Cn1ncc(N2CCC(C)C(N)C2)c(Br)c1=O. The van der Waals surface area contributed by atoms with Crippen LogP contribution in [0.25, 0.3) is 0 Å². The number of piperidine rings is 1. The molecule has 1 fully saturated rings. The molecule has 2 rings (SSSR count). The summed E-state index contributed by atoms with van der Waals surface area (Å²) >= 11 is 3.44. The summed E-state index contributed by atoms with van der Waals surface area (Å²) in [5, 5.41) is 4.29. The van der Waals surface area contributed by atoms with Gasteiger partial charge in [0.15, 0.2) is 0 Å². The Morgan fingerprint density at radius 3 is 2.85 bits per heavy atom. The molecule has 0 saturated carbocycles. The first-order chi connectivity index (χ1) is 9.40. The topological polar surface area (TPSA) is 64.2 Å². The number of rotatable bonds is 3. The van der Waals surface area contributed by atoms with Gasteiger partial charge in [-0.3, -0.25) is 4.79 Å². The highest BCUT2D eigenvalue weighted by molar-refractivity contribution is 9.10. The Morgan fingerprint density at radius 1 is 1.55 bits per heavy atom. The molecule has 2 atom stereocenters. The highest BCUT2D eigenvalue weighted by Crippen LogP contribution is 2.26. The minimum absolute atomic E-state index is 0.0663. The van der Waals surface area contributed by atoms with E-state index < -0.39 is 0 Å². The molecule has 5 nitrogen and oxygen atoms in total. The number of hydrogen-bond acceptors (Lipinski definition) is 4. The zero-order chi connectivity index (χ0) is 14.9. The third kappa shape index (κ3) is 3.23. The van der Waals surface area contributed by atoms with Crippen LogP contribution in [0.1, 0.15) is 27.2 Å². The zero-order valence-corrected chi connectivity index (χ0v) is 13.9. The summed E-state index contributed by atoms with van der Waals surface area (Å²) in [5.41, 5.74) is 6.92. The van der Waals surface area contributed by atoms with E-state index in [0.29, 0.717) is 22.9 Å². The van der Waals surface area contributed by atoms with Crippen molar-refractivity contribution in [2.24, 2.45) is 17.6 Å². The van der Waals surface area contributed by atoms with Crippen molar-refractivity contribution in [1.29, 1.82) is 0 Å². The molecule has 20 heavy (non-hydrogen) atoms. The van der Waals surface area contributed by atoms with Crippen LogP contribution in [0.4, 0.5) is 5.69 Å². The predicted octanol–water partition coefficient (Wildman–Crippen LogP) is 1.84. The van der Waals surface area contributed by atoms with Crippen LogP contribution >= 0.6 is 15.9 Å². The number of hydrogen-bond donors (Lipinski definition) is 1. The van der Waals surface area contributed by atoms with Gasteiger partial charge in [0.1, 0.15) is 4.47 Å². The summed E-state index contributed by atoms with van der Waals surface area (Å²) < 4.78 is 2.11. The minimum Gasteiger partial charge on any atom is -0.368 e. The fourth-order valence-electron chi connectivity index (χ4n) is 2.47. The summed E-state index contributed by atoms with van der Waals surface area (Å²) in [4.78, 5) is 14.5. The molecular formula is C14H23BrN4O. The number of aromatic nitrogens is 2. The summed E-state index contributed by atoms with van der Waals surface area (Å²) in [6, 6.07) is 0.147. The highest BCUT2D eigenvalue weighted by atomic mass is 79.9. The van der Waals surface area contributed by atoms with Gasteiger partial charge in [0, 0.05) is 25.7 Å². The van der Waals surface area contributed by atoms with E-state index in [-0.39, 0.29) is 11.6 Å². The Balaban J connectivity index is 2.26. The maximum atomic E-state index is 12.3. The van der Waals surface area contributed by atoms with Crippen molar-refractivity contribution < 1.29 is 0 Å². The molecule has 0 bridgehead atoms. The van der Waals surface area contributed by atoms with Crippen molar-refractivity contribution in [3.05, 3.63) is 21.0 Å². The molecule has 6 heteroatoms. The monoisotopic (exact) mass is 342 g/mol. The summed E-state index contributed by atoms with van der Waals surface area (Å²) in [7, 11) is 0. The lowest BCUT2D eigenvalue weighted by Gasteiger charge is -2.36. The Hall–Kier alpha value is -0.880.